The maximum atomic E-state index is 3.61. The van der Waals surface area contributed by atoms with Gasteiger partial charge in [0.15, 0.2) is 0 Å². The maximum Gasteiger partial charge on any atom is 0.0261 e. The van der Waals surface area contributed by atoms with Crippen molar-refractivity contribution < 1.29 is 0 Å². The second-order valence-electron chi connectivity index (χ2n) is 1.42. The second-order valence-corrected chi connectivity index (χ2v) is 1.42. The summed E-state index contributed by atoms with van der Waals surface area (Å²) in [6.07, 6.45) is 5.89. The summed E-state index contributed by atoms with van der Waals surface area (Å²) in [5, 5.41) is 0. The van der Waals surface area contributed by atoms with Crippen LogP contribution in [0.5, 0.6) is 0 Å². The van der Waals surface area contributed by atoms with Gasteiger partial charge in [-0.1, -0.05) is 53.3 Å². The fourth-order valence-electron chi connectivity index (χ4n) is 0.122. The molecule has 66 valence electrons. The van der Waals surface area contributed by atoms with E-state index >= 15 is 0 Å². The highest BCUT2D eigenvalue weighted by molar-refractivity contribution is 5.70. The molecule has 1 nitrogen and oxygen atoms in total. The first-order valence-corrected chi connectivity index (χ1v) is 4.08. The Morgan fingerprint density at radius 3 is 1.64 bits per heavy atom. The molecule has 0 saturated carbocycles. The van der Waals surface area contributed by atoms with Gasteiger partial charge in [0.1, 0.15) is 0 Å². The van der Waals surface area contributed by atoms with Crippen molar-refractivity contribution >= 4 is 6.21 Å². The molecule has 0 aliphatic rings. The van der Waals surface area contributed by atoms with Crippen LogP contribution in [0.3, 0.4) is 0 Å². The Bertz CT molecular complexity index is 72.9. The van der Waals surface area contributed by atoms with E-state index in [4.69, 9.17) is 0 Å². The molecule has 0 fully saturated rings. The molecular weight excluding hydrogens is 134 g/mol. The summed E-state index contributed by atoms with van der Waals surface area (Å²) >= 11 is 0. The summed E-state index contributed by atoms with van der Waals surface area (Å²) in [6, 6.07) is 0. The van der Waals surface area contributed by atoms with Crippen molar-refractivity contribution in [2.24, 2.45) is 4.99 Å². The molecule has 0 rings (SSSR count). The topological polar surface area (TPSA) is 12.4 Å². The standard InChI is InChI=1S/C5H7N.C3H8.C2H6/c1-3-5-6-4-2;1-3-2;1-2/h3-5H,1-2H2;3H2,1-2H3;1-2H3. The van der Waals surface area contributed by atoms with Gasteiger partial charge in [-0.15, -0.1) is 0 Å². The van der Waals surface area contributed by atoms with Crippen LogP contribution in [0, 0.1) is 0 Å². The minimum Gasteiger partial charge on any atom is -0.265 e. The Morgan fingerprint density at radius 2 is 1.55 bits per heavy atom. The van der Waals surface area contributed by atoms with E-state index in [2.05, 4.69) is 32.0 Å². The van der Waals surface area contributed by atoms with Crippen LogP contribution in [0.15, 0.2) is 30.4 Å². The van der Waals surface area contributed by atoms with Crippen molar-refractivity contribution in [3.05, 3.63) is 25.4 Å². The number of aliphatic imine (C=N–C) groups is 1. The molecule has 0 heterocycles. The highest BCUT2D eigenvalue weighted by atomic mass is 14.6. The van der Waals surface area contributed by atoms with Crippen molar-refractivity contribution in [3.8, 4) is 0 Å². The molecule has 0 unspecified atom stereocenters. The SMILES string of the molecule is C=CC=NC=C.CC.CCC. The predicted molar refractivity (Wildman–Crippen MR) is 56.2 cm³/mol. The van der Waals surface area contributed by atoms with E-state index in [0.29, 0.717) is 0 Å². The fraction of sp³-hybridized carbons (Fsp3) is 0.500. The third kappa shape index (κ3) is 101. The smallest absolute Gasteiger partial charge is 0.0261 e. The van der Waals surface area contributed by atoms with Crippen LogP contribution in [0.25, 0.3) is 0 Å². The molecule has 0 N–H and O–H groups in total. The summed E-state index contributed by atoms with van der Waals surface area (Å²) in [4.78, 5) is 3.61. The lowest BCUT2D eigenvalue weighted by atomic mass is 10.6. The third-order valence-corrected chi connectivity index (χ3v) is 0.297. The first-order chi connectivity index (χ1) is 5.33. The van der Waals surface area contributed by atoms with Crippen LogP contribution >= 0.6 is 0 Å². The number of allylic oxidation sites excluding steroid dienone is 1. The van der Waals surface area contributed by atoms with Gasteiger partial charge >= 0.3 is 0 Å². The van der Waals surface area contributed by atoms with E-state index in [0.717, 1.165) is 0 Å². The average molecular weight is 155 g/mol. The van der Waals surface area contributed by atoms with Crippen molar-refractivity contribution in [3.63, 3.8) is 0 Å². The van der Waals surface area contributed by atoms with Crippen molar-refractivity contribution in [2.45, 2.75) is 34.1 Å². The molecule has 0 aromatic rings. The van der Waals surface area contributed by atoms with Gasteiger partial charge in [0, 0.05) is 12.4 Å². The summed E-state index contributed by atoms with van der Waals surface area (Å²) in [6.45, 7) is 15.0. The third-order valence-electron chi connectivity index (χ3n) is 0.297. The van der Waals surface area contributed by atoms with Gasteiger partial charge < -0.3 is 0 Å². The van der Waals surface area contributed by atoms with E-state index in [1.165, 1.54) is 12.6 Å². The number of hydrogen-bond donors (Lipinski definition) is 0. The van der Waals surface area contributed by atoms with Gasteiger partial charge in [0.25, 0.3) is 0 Å². The van der Waals surface area contributed by atoms with Crippen molar-refractivity contribution in [1.29, 1.82) is 0 Å². The van der Waals surface area contributed by atoms with Crippen molar-refractivity contribution in [2.75, 3.05) is 0 Å². The van der Waals surface area contributed by atoms with Gasteiger partial charge in [-0.2, -0.15) is 0 Å². The van der Waals surface area contributed by atoms with Crippen LogP contribution in [-0.4, -0.2) is 6.21 Å². The number of hydrogen-bond acceptors (Lipinski definition) is 1. The van der Waals surface area contributed by atoms with E-state index in [1.54, 1.807) is 12.3 Å². The number of rotatable bonds is 2. The van der Waals surface area contributed by atoms with Gasteiger partial charge in [-0.3, -0.25) is 4.99 Å². The van der Waals surface area contributed by atoms with Crippen molar-refractivity contribution in [1.82, 2.24) is 0 Å². The monoisotopic (exact) mass is 155 g/mol. The Kier molecular flexibility index (Phi) is 53.3. The Hall–Kier alpha value is -0.850. The summed E-state index contributed by atoms with van der Waals surface area (Å²) in [5.41, 5.74) is 0. The second kappa shape index (κ2) is 35.3. The normalized spacial score (nSPS) is 6.91. The number of nitrogens with zero attached hydrogens (tertiary/aromatic N) is 1. The fourth-order valence-corrected chi connectivity index (χ4v) is 0.122. The zero-order valence-corrected chi connectivity index (χ0v) is 8.30. The lowest BCUT2D eigenvalue weighted by molar-refractivity contribution is 1.09. The Balaban J connectivity index is -0.000000109. The van der Waals surface area contributed by atoms with E-state index in [-0.39, 0.29) is 0 Å². The molecule has 11 heavy (non-hydrogen) atoms. The zero-order chi connectivity index (χ0) is 9.54. The molecule has 0 aromatic carbocycles. The lowest BCUT2D eigenvalue weighted by Gasteiger charge is -1.62. The predicted octanol–water partition coefficient (Wildman–Crippen LogP) is 3.83. The maximum absolute atomic E-state index is 3.61. The molecular formula is C10H21N. The van der Waals surface area contributed by atoms with Gasteiger partial charge in [0.2, 0.25) is 0 Å². The molecule has 0 atom stereocenters. The summed E-state index contributed by atoms with van der Waals surface area (Å²) < 4.78 is 0. The van der Waals surface area contributed by atoms with Gasteiger partial charge in [0.05, 0.1) is 0 Å². The summed E-state index contributed by atoms with van der Waals surface area (Å²) in [5.74, 6) is 0. The first-order valence-electron chi connectivity index (χ1n) is 4.08. The lowest BCUT2D eigenvalue weighted by Crippen LogP contribution is -1.52. The Morgan fingerprint density at radius 1 is 1.18 bits per heavy atom. The van der Waals surface area contributed by atoms with E-state index in [9.17, 15) is 0 Å². The molecule has 0 radical (unpaired) electrons. The van der Waals surface area contributed by atoms with E-state index < -0.39 is 0 Å². The minimum atomic E-state index is 1.25. The van der Waals surface area contributed by atoms with Gasteiger partial charge in [-0.05, 0) is 0 Å². The molecule has 0 aliphatic carbocycles. The molecule has 0 aliphatic heterocycles. The molecule has 0 spiro atoms. The average Bonchev–Trinajstić information content (AvgIpc) is 2.06. The molecule has 0 aromatic heterocycles. The van der Waals surface area contributed by atoms with E-state index in [1.807, 2.05) is 13.8 Å². The molecule has 0 amide bonds. The van der Waals surface area contributed by atoms with Crippen LogP contribution in [-0.2, 0) is 0 Å². The summed E-state index contributed by atoms with van der Waals surface area (Å²) in [7, 11) is 0. The van der Waals surface area contributed by atoms with Crippen LogP contribution in [0.1, 0.15) is 34.1 Å². The minimum absolute atomic E-state index is 1.25. The highest BCUT2D eigenvalue weighted by Gasteiger charge is 1.47. The molecule has 0 bridgehead atoms. The zero-order valence-electron chi connectivity index (χ0n) is 8.30. The molecule has 1 heteroatoms. The quantitative estimate of drug-likeness (QED) is 0.537. The molecule has 0 saturated heterocycles. The first kappa shape index (κ1) is 16.6. The van der Waals surface area contributed by atoms with Gasteiger partial charge in [-0.25, -0.2) is 0 Å². The Labute approximate surface area is 71.6 Å². The van der Waals surface area contributed by atoms with Crippen LogP contribution in [0.4, 0.5) is 0 Å². The largest absolute Gasteiger partial charge is 0.265 e. The van der Waals surface area contributed by atoms with Crippen LogP contribution < -0.4 is 0 Å². The van der Waals surface area contributed by atoms with Crippen LogP contribution in [0.2, 0.25) is 0 Å². The highest BCUT2D eigenvalue weighted by Crippen LogP contribution is 1.61.